The molecule has 0 bridgehead atoms. The molecule has 1 aliphatic rings. The van der Waals surface area contributed by atoms with Crippen LogP contribution in [-0.2, 0) is 9.47 Å². The Morgan fingerprint density at radius 3 is 2.82 bits per heavy atom. The Bertz CT molecular complexity index is 287. The van der Waals surface area contributed by atoms with E-state index >= 15 is 0 Å². The Morgan fingerprint density at radius 2 is 2.18 bits per heavy atom. The van der Waals surface area contributed by atoms with Crippen molar-refractivity contribution in [3.05, 3.63) is 0 Å². The van der Waals surface area contributed by atoms with Crippen molar-refractivity contribution in [1.82, 2.24) is 15.5 Å². The van der Waals surface area contributed by atoms with E-state index in [0.717, 1.165) is 71.2 Å². The SMILES string of the molecule is CCNC(=NCC1CCCO1)NCCCN(C)CCOC.I. The van der Waals surface area contributed by atoms with Crippen LogP contribution in [0.1, 0.15) is 26.2 Å². The normalized spacial score (nSPS) is 18.4. The van der Waals surface area contributed by atoms with Gasteiger partial charge in [-0.3, -0.25) is 4.99 Å². The van der Waals surface area contributed by atoms with Crippen molar-refractivity contribution in [2.24, 2.45) is 4.99 Å². The molecule has 0 aromatic rings. The fourth-order valence-electron chi connectivity index (χ4n) is 2.24. The molecule has 2 N–H and O–H groups in total. The fraction of sp³-hybridized carbons (Fsp3) is 0.933. The van der Waals surface area contributed by atoms with E-state index in [9.17, 15) is 0 Å². The molecule has 1 heterocycles. The summed E-state index contributed by atoms with van der Waals surface area (Å²) in [5.74, 6) is 0.896. The van der Waals surface area contributed by atoms with Crippen molar-refractivity contribution in [2.45, 2.75) is 32.3 Å². The van der Waals surface area contributed by atoms with Crippen molar-refractivity contribution < 1.29 is 9.47 Å². The van der Waals surface area contributed by atoms with Crippen LogP contribution < -0.4 is 10.6 Å². The van der Waals surface area contributed by atoms with Gasteiger partial charge in [0.1, 0.15) is 0 Å². The summed E-state index contributed by atoms with van der Waals surface area (Å²) in [4.78, 5) is 6.88. The molecule has 22 heavy (non-hydrogen) atoms. The lowest BCUT2D eigenvalue weighted by atomic mass is 10.2. The molecule has 1 aliphatic heterocycles. The van der Waals surface area contributed by atoms with Crippen LogP contribution in [0, 0.1) is 0 Å². The molecule has 7 heteroatoms. The first-order valence-electron chi connectivity index (χ1n) is 8.07. The first-order chi connectivity index (χ1) is 10.3. The highest BCUT2D eigenvalue weighted by Gasteiger charge is 2.14. The van der Waals surface area contributed by atoms with E-state index in [2.05, 4.69) is 34.5 Å². The average molecular weight is 428 g/mol. The number of hydrogen-bond acceptors (Lipinski definition) is 4. The zero-order valence-electron chi connectivity index (χ0n) is 14.3. The summed E-state index contributed by atoms with van der Waals surface area (Å²) in [6.45, 7) is 8.35. The van der Waals surface area contributed by atoms with Gasteiger partial charge in [-0.15, -0.1) is 24.0 Å². The molecule has 6 nitrogen and oxygen atoms in total. The van der Waals surface area contributed by atoms with Gasteiger partial charge in [-0.25, -0.2) is 0 Å². The van der Waals surface area contributed by atoms with Gasteiger partial charge in [0.25, 0.3) is 0 Å². The third-order valence-electron chi connectivity index (χ3n) is 3.51. The van der Waals surface area contributed by atoms with Crippen LogP contribution in [0.4, 0.5) is 0 Å². The standard InChI is InChI=1S/C15H32N4O2.HI/c1-4-16-15(18-13-14-7-5-11-21-14)17-8-6-9-19(2)10-12-20-3;/h14H,4-13H2,1-3H3,(H2,16,17,18);1H. The van der Waals surface area contributed by atoms with E-state index in [1.165, 1.54) is 0 Å². The summed E-state index contributed by atoms with van der Waals surface area (Å²) in [6, 6.07) is 0. The van der Waals surface area contributed by atoms with Crippen molar-refractivity contribution >= 4 is 29.9 Å². The van der Waals surface area contributed by atoms with Gasteiger partial charge in [-0.1, -0.05) is 0 Å². The van der Waals surface area contributed by atoms with Gasteiger partial charge in [0, 0.05) is 33.4 Å². The summed E-state index contributed by atoms with van der Waals surface area (Å²) >= 11 is 0. The van der Waals surface area contributed by atoms with E-state index < -0.39 is 0 Å². The molecular weight excluding hydrogens is 395 g/mol. The van der Waals surface area contributed by atoms with Crippen LogP contribution in [-0.4, -0.2) is 77.1 Å². The Labute approximate surface area is 152 Å². The molecule has 0 aromatic heterocycles. The lowest BCUT2D eigenvalue weighted by Gasteiger charge is -2.17. The van der Waals surface area contributed by atoms with Crippen LogP contribution in [0.25, 0.3) is 0 Å². The quantitative estimate of drug-likeness (QED) is 0.238. The number of methoxy groups -OCH3 is 1. The lowest BCUT2D eigenvalue weighted by Crippen LogP contribution is -2.39. The Morgan fingerprint density at radius 1 is 1.36 bits per heavy atom. The number of nitrogens with zero attached hydrogens (tertiary/aromatic N) is 2. The number of rotatable bonds is 10. The van der Waals surface area contributed by atoms with Gasteiger partial charge >= 0.3 is 0 Å². The summed E-state index contributed by atoms with van der Waals surface area (Å²) in [5, 5.41) is 6.66. The summed E-state index contributed by atoms with van der Waals surface area (Å²) < 4.78 is 10.7. The first kappa shape index (κ1) is 21.9. The van der Waals surface area contributed by atoms with Crippen molar-refractivity contribution in [2.75, 3.05) is 60.1 Å². The fourth-order valence-corrected chi connectivity index (χ4v) is 2.24. The van der Waals surface area contributed by atoms with Crippen molar-refractivity contribution in [3.8, 4) is 0 Å². The average Bonchev–Trinajstić information content (AvgIpc) is 3.00. The van der Waals surface area contributed by atoms with E-state index in [1.807, 2.05) is 0 Å². The van der Waals surface area contributed by atoms with E-state index in [1.54, 1.807) is 7.11 Å². The smallest absolute Gasteiger partial charge is 0.191 e. The Balaban J connectivity index is 0.00000441. The summed E-state index contributed by atoms with van der Waals surface area (Å²) in [6.07, 6.45) is 3.69. The third-order valence-corrected chi connectivity index (χ3v) is 3.51. The molecule has 1 rings (SSSR count). The molecule has 0 saturated carbocycles. The molecule has 0 aliphatic carbocycles. The minimum atomic E-state index is 0. The largest absolute Gasteiger partial charge is 0.383 e. The van der Waals surface area contributed by atoms with E-state index in [-0.39, 0.29) is 24.0 Å². The van der Waals surface area contributed by atoms with Crippen molar-refractivity contribution in [3.63, 3.8) is 0 Å². The highest BCUT2D eigenvalue weighted by molar-refractivity contribution is 14.0. The minimum absolute atomic E-state index is 0. The molecule has 0 amide bonds. The van der Waals surface area contributed by atoms with Crippen LogP contribution in [0.15, 0.2) is 4.99 Å². The summed E-state index contributed by atoms with van der Waals surface area (Å²) in [5.41, 5.74) is 0. The highest BCUT2D eigenvalue weighted by Crippen LogP contribution is 2.11. The number of nitrogens with one attached hydrogen (secondary N) is 2. The third kappa shape index (κ3) is 10.6. The van der Waals surface area contributed by atoms with Gasteiger partial charge < -0.3 is 25.0 Å². The number of hydrogen-bond donors (Lipinski definition) is 2. The monoisotopic (exact) mass is 428 g/mol. The number of likely N-dealkylation sites (N-methyl/N-ethyl adjacent to an activating group) is 1. The second kappa shape index (κ2) is 14.5. The zero-order chi connectivity index (χ0) is 15.3. The summed E-state index contributed by atoms with van der Waals surface area (Å²) in [7, 11) is 3.86. The number of guanidine groups is 1. The van der Waals surface area contributed by atoms with Gasteiger partial charge in [-0.2, -0.15) is 0 Å². The molecule has 1 unspecified atom stereocenters. The van der Waals surface area contributed by atoms with E-state index in [0.29, 0.717) is 6.10 Å². The van der Waals surface area contributed by atoms with Crippen LogP contribution in [0.2, 0.25) is 0 Å². The maximum atomic E-state index is 5.59. The van der Waals surface area contributed by atoms with Gasteiger partial charge in [0.05, 0.1) is 19.3 Å². The van der Waals surface area contributed by atoms with E-state index in [4.69, 9.17) is 9.47 Å². The Hall–Kier alpha value is -0.120. The number of aliphatic imine (C=N–C) groups is 1. The maximum Gasteiger partial charge on any atom is 0.191 e. The highest BCUT2D eigenvalue weighted by atomic mass is 127. The van der Waals surface area contributed by atoms with Crippen LogP contribution in [0.5, 0.6) is 0 Å². The topological polar surface area (TPSA) is 58.1 Å². The van der Waals surface area contributed by atoms with Gasteiger partial charge in [-0.05, 0) is 39.8 Å². The van der Waals surface area contributed by atoms with Crippen molar-refractivity contribution in [1.29, 1.82) is 0 Å². The van der Waals surface area contributed by atoms with Crippen LogP contribution >= 0.6 is 24.0 Å². The molecule has 0 spiro atoms. The molecule has 1 fully saturated rings. The van der Waals surface area contributed by atoms with Crippen LogP contribution in [0.3, 0.4) is 0 Å². The van der Waals surface area contributed by atoms with Gasteiger partial charge in [0.2, 0.25) is 0 Å². The predicted molar refractivity (Wildman–Crippen MR) is 102 cm³/mol. The second-order valence-corrected chi connectivity index (χ2v) is 5.43. The first-order valence-corrected chi connectivity index (χ1v) is 8.07. The number of ether oxygens (including phenoxy) is 2. The Kier molecular flexibility index (Phi) is 14.4. The number of halogens is 1. The lowest BCUT2D eigenvalue weighted by molar-refractivity contribution is 0.117. The molecule has 0 radical (unpaired) electrons. The molecule has 0 aromatic carbocycles. The predicted octanol–water partition coefficient (Wildman–Crippen LogP) is 1.31. The molecule has 1 saturated heterocycles. The second-order valence-electron chi connectivity index (χ2n) is 5.43. The van der Waals surface area contributed by atoms with Gasteiger partial charge in [0.15, 0.2) is 5.96 Å². The minimum Gasteiger partial charge on any atom is -0.383 e. The maximum absolute atomic E-state index is 5.59. The zero-order valence-corrected chi connectivity index (χ0v) is 16.6. The molecule has 132 valence electrons. The molecular formula is C15H33IN4O2. The molecule has 1 atom stereocenters.